The van der Waals surface area contributed by atoms with Crippen molar-refractivity contribution in [2.45, 2.75) is 64.4 Å². The number of nitrogens with zero attached hydrogens (tertiary/aromatic N) is 1. The number of rotatable bonds is 8. The predicted octanol–water partition coefficient (Wildman–Crippen LogP) is 3.57. The van der Waals surface area contributed by atoms with Gasteiger partial charge >= 0.3 is 0 Å². The maximum atomic E-state index is 5.89. The number of aliphatic imine (C=N–C) groups is 1. The van der Waals surface area contributed by atoms with E-state index in [1.54, 1.807) is 0 Å². The summed E-state index contributed by atoms with van der Waals surface area (Å²) >= 11 is 0. The molecule has 6 heteroatoms. The second-order valence-electron chi connectivity index (χ2n) is 7.39. The van der Waals surface area contributed by atoms with Crippen molar-refractivity contribution in [2.75, 3.05) is 40.0 Å². The molecule has 0 radical (unpaired) electrons. The maximum absolute atomic E-state index is 5.89. The molecule has 2 rings (SSSR count). The van der Waals surface area contributed by atoms with Crippen molar-refractivity contribution in [1.82, 2.24) is 10.6 Å². The Labute approximate surface area is 171 Å². The smallest absolute Gasteiger partial charge is 0.190 e. The van der Waals surface area contributed by atoms with Crippen LogP contribution in [0.5, 0.6) is 0 Å². The summed E-state index contributed by atoms with van der Waals surface area (Å²) in [5.41, 5.74) is 0. The van der Waals surface area contributed by atoms with Crippen LogP contribution in [0.15, 0.2) is 4.99 Å². The zero-order chi connectivity index (χ0) is 17.0. The first-order valence-corrected chi connectivity index (χ1v) is 9.91. The molecule has 5 nitrogen and oxygen atoms in total. The molecule has 2 aliphatic rings. The third-order valence-electron chi connectivity index (χ3n) is 5.25. The fraction of sp³-hybridized carbons (Fsp3) is 0.947. The molecule has 0 aromatic rings. The molecule has 25 heavy (non-hydrogen) atoms. The second kappa shape index (κ2) is 14.0. The highest BCUT2D eigenvalue weighted by Gasteiger charge is 2.18. The van der Waals surface area contributed by atoms with Gasteiger partial charge < -0.3 is 20.1 Å². The van der Waals surface area contributed by atoms with Gasteiger partial charge in [0.05, 0.1) is 6.10 Å². The van der Waals surface area contributed by atoms with Crippen LogP contribution >= 0.6 is 24.0 Å². The van der Waals surface area contributed by atoms with Gasteiger partial charge in [-0.15, -0.1) is 24.0 Å². The molecule has 148 valence electrons. The molecule has 0 bridgehead atoms. The van der Waals surface area contributed by atoms with Crippen LogP contribution in [-0.2, 0) is 9.47 Å². The molecular formula is C19H38IN3O2. The van der Waals surface area contributed by atoms with Crippen LogP contribution in [0, 0.1) is 11.8 Å². The minimum atomic E-state index is 0. The van der Waals surface area contributed by atoms with E-state index in [-0.39, 0.29) is 24.0 Å². The lowest BCUT2D eigenvalue weighted by Gasteiger charge is -2.26. The highest BCUT2D eigenvalue weighted by atomic mass is 127. The first-order valence-electron chi connectivity index (χ1n) is 9.91. The van der Waals surface area contributed by atoms with E-state index in [1.807, 2.05) is 7.05 Å². The Morgan fingerprint density at radius 3 is 2.60 bits per heavy atom. The lowest BCUT2D eigenvalue weighted by atomic mass is 9.81. The Morgan fingerprint density at radius 1 is 1.12 bits per heavy atom. The average molecular weight is 467 g/mol. The average Bonchev–Trinajstić information content (AvgIpc) is 2.61. The van der Waals surface area contributed by atoms with E-state index < -0.39 is 0 Å². The monoisotopic (exact) mass is 467 g/mol. The Balaban J connectivity index is 0.00000312. The lowest BCUT2D eigenvalue weighted by molar-refractivity contribution is -0.0320. The number of hydrogen-bond donors (Lipinski definition) is 2. The molecule has 1 aliphatic heterocycles. The highest BCUT2D eigenvalue weighted by molar-refractivity contribution is 14.0. The summed E-state index contributed by atoms with van der Waals surface area (Å²) in [6.45, 7) is 6.83. The highest BCUT2D eigenvalue weighted by Crippen LogP contribution is 2.30. The zero-order valence-corrected chi connectivity index (χ0v) is 18.4. The van der Waals surface area contributed by atoms with Gasteiger partial charge in [-0.2, -0.15) is 0 Å². The molecule has 1 saturated carbocycles. The van der Waals surface area contributed by atoms with Crippen LogP contribution in [0.2, 0.25) is 0 Å². The van der Waals surface area contributed by atoms with Gasteiger partial charge in [0.15, 0.2) is 5.96 Å². The predicted molar refractivity (Wildman–Crippen MR) is 115 cm³/mol. The van der Waals surface area contributed by atoms with E-state index in [0.29, 0.717) is 6.10 Å². The summed E-state index contributed by atoms with van der Waals surface area (Å²) in [5.74, 6) is 2.73. The summed E-state index contributed by atoms with van der Waals surface area (Å²) in [6, 6.07) is 0. The molecule has 0 aromatic carbocycles. The molecule has 0 amide bonds. The van der Waals surface area contributed by atoms with E-state index >= 15 is 0 Å². The van der Waals surface area contributed by atoms with Gasteiger partial charge in [0.1, 0.15) is 0 Å². The third kappa shape index (κ3) is 9.99. The number of ether oxygens (including phenoxy) is 2. The van der Waals surface area contributed by atoms with Gasteiger partial charge in [-0.3, -0.25) is 4.99 Å². The van der Waals surface area contributed by atoms with E-state index in [2.05, 4.69) is 22.5 Å². The lowest BCUT2D eigenvalue weighted by Crippen LogP contribution is -2.39. The van der Waals surface area contributed by atoms with Crippen LogP contribution in [-0.4, -0.2) is 52.0 Å². The van der Waals surface area contributed by atoms with E-state index in [0.717, 1.165) is 70.0 Å². The number of halogens is 1. The van der Waals surface area contributed by atoms with Gasteiger partial charge in [-0.05, 0) is 43.9 Å². The molecule has 0 spiro atoms. The standard InChI is InChI=1S/C19H37N3O2.HI/c1-16-5-3-6-17(15-16)7-11-22-19(20-2)21-10-4-12-24-18-8-13-23-14-9-18;/h16-18H,3-15H2,1-2H3,(H2,20,21,22);1H. The summed E-state index contributed by atoms with van der Waals surface area (Å²) in [5, 5.41) is 6.84. The SMILES string of the molecule is CN=C(NCCCOC1CCOCC1)NCCC1CCCC(C)C1.I. The maximum Gasteiger partial charge on any atom is 0.190 e. The van der Waals surface area contributed by atoms with Gasteiger partial charge in [0.25, 0.3) is 0 Å². The van der Waals surface area contributed by atoms with Gasteiger partial charge in [0, 0.05) is 40.0 Å². The molecule has 2 unspecified atom stereocenters. The molecule has 0 aromatic heterocycles. The summed E-state index contributed by atoms with van der Waals surface area (Å²) in [6.07, 6.45) is 10.4. The third-order valence-corrected chi connectivity index (χ3v) is 5.25. The van der Waals surface area contributed by atoms with Crippen molar-refractivity contribution in [1.29, 1.82) is 0 Å². The fourth-order valence-electron chi connectivity index (χ4n) is 3.81. The zero-order valence-electron chi connectivity index (χ0n) is 16.1. The molecule has 1 aliphatic carbocycles. The van der Waals surface area contributed by atoms with Crippen molar-refractivity contribution in [3.63, 3.8) is 0 Å². The molecule has 1 heterocycles. The van der Waals surface area contributed by atoms with Gasteiger partial charge in [-0.1, -0.05) is 26.2 Å². The first-order chi connectivity index (χ1) is 11.8. The minimum absolute atomic E-state index is 0. The normalized spacial score (nSPS) is 25.3. The second-order valence-corrected chi connectivity index (χ2v) is 7.39. The molecule has 2 N–H and O–H groups in total. The van der Waals surface area contributed by atoms with Crippen LogP contribution in [0.1, 0.15) is 58.3 Å². The number of guanidine groups is 1. The van der Waals surface area contributed by atoms with Crippen LogP contribution in [0.4, 0.5) is 0 Å². The van der Waals surface area contributed by atoms with Gasteiger partial charge in [-0.25, -0.2) is 0 Å². The van der Waals surface area contributed by atoms with Crippen molar-refractivity contribution in [3.8, 4) is 0 Å². The Morgan fingerprint density at radius 2 is 1.88 bits per heavy atom. The van der Waals surface area contributed by atoms with E-state index in [9.17, 15) is 0 Å². The van der Waals surface area contributed by atoms with E-state index in [1.165, 1.54) is 32.1 Å². The van der Waals surface area contributed by atoms with Crippen molar-refractivity contribution in [3.05, 3.63) is 0 Å². The molecule has 2 fully saturated rings. The minimum Gasteiger partial charge on any atom is -0.381 e. The Kier molecular flexibility index (Phi) is 12.9. The largest absolute Gasteiger partial charge is 0.381 e. The van der Waals surface area contributed by atoms with Gasteiger partial charge in [0.2, 0.25) is 0 Å². The topological polar surface area (TPSA) is 54.9 Å². The molecule has 2 atom stereocenters. The quantitative estimate of drug-likeness (QED) is 0.248. The van der Waals surface area contributed by atoms with Crippen molar-refractivity contribution in [2.24, 2.45) is 16.8 Å². The first kappa shape index (κ1) is 23.0. The summed E-state index contributed by atoms with van der Waals surface area (Å²) in [4.78, 5) is 4.31. The van der Waals surface area contributed by atoms with Crippen LogP contribution < -0.4 is 10.6 Å². The number of nitrogens with one attached hydrogen (secondary N) is 2. The molecular weight excluding hydrogens is 429 g/mol. The summed E-state index contributed by atoms with van der Waals surface area (Å²) in [7, 11) is 1.84. The van der Waals surface area contributed by atoms with Crippen LogP contribution in [0.25, 0.3) is 0 Å². The van der Waals surface area contributed by atoms with Crippen LogP contribution in [0.3, 0.4) is 0 Å². The van der Waals surface area contributed by atoms with Crippen molar-refractivity contribution >= 4 is 29.9 Å². The van der Waals surface area contributed by atoms with E-state index in [4.69, 9.17) is 9.47 Å². The number of hydrogen-bond acceptors (Lipinski definition) is 3. The Bertz CT molecular complexity index is 363. The van der Waals surface area contributed by atoms with Crippen molar-refractivity contribution < 1.29 is 9.47 Å². The Hall–Kier alpha value is -0.0800. The summed E-state index contributed by atoms with van der Waals surface area (Å²) < 4.78 is 11.2. The fourth-order valence-corrected chi connectivity index (χ4v) is 3.81. The molecule has 1 saturated heterocycles.